The van der Waals surface area contributed by atoms with Gasteiger partial charge in [0.25, 0.3) is 0 Å². The maximum Gasteiger partial charge on any atom is 0.0724 e. The molecular weight excluding hydrogens is 464 g/mol. The molecule has 0 N–H and O–H groups in total. The normalized spacial score (nSPS) is 10.8. The van der Waals surface area contributed by atoms with Crippen molar-refractivity contribution >= 4 is 35.5 Å². The summed E-state index contributed by atoms with van der Waals surface area (Å²) < 4.78 is 0. The summed E-state index contributed by atoms with van der Waals surface area (Å²) in [7, 11) is 0. The van der Waals surface area contributed by atoms with Gasteiger partial charge in [0.05, 0.1) is 11.9 Å². The first kappa shape index (κ1) is 25.9. The molecule has 3 aromatic carbocycles. The summed E-state index contributed by atoms with van der Waals surface area (Å²) >= 11 is 3.62. The predicted molar refractivity (Wildman–Crippen MR) is 137 cm³/mol. The Morgan fingerprint density at radius 2 is 1.18 bits per heavy atom. The Kier molecular flexibility index (Phi) is 10.6. The van der Waals surface area contributed by atoms with Crippen molar-refractivity contribution in [2.45, 2.75) is 37.2 Å². The molecule has 6 heteroatoms. The van der Waals surface area contributed by atoms with Crippen molar-refractivity contribution in [3.63, 3.8) is 0 Å². The van der Waals surface area contributed by atoms with Gasteiger partial charge in [0.15, 0.2) is 0 Å². The van der Waals surface area contributed by atoms with Crippen molar-refractivity contribution in [3.05, 3.63) is 106 Å². The third kappa shape index (κ3) is 7.96. The van der Waals surface area contributed by atoms with E-state index in [0.29, 0.717) is 18.4 Å². The highest BCUT2D eigenvalue weighted by molar-refractivity contribution is 7.98. The van der Waals surface area contributed by atoms with Crippen LogP contribution < -0.4 is 10.2 Å². The molecular formula is C28H28O4S2-2. The molecule has 0 saturated carbocycles. The first-order chi connectivity index (χ1) is 16.6. The van der Waals surface area contributed by atoms with Crippen LogP contribution in [0.15, 0.2) is 72.8 Å². The fourth-order valence-electron chi connectivity index (χ4n) is 3.86. The number of carbonyl (C=O) groups is 2. The molecule has 0 spiro atoms. The van der Waals surface area contributed by atoms with Crippen molar-refractivity contribution in [1.29, 1.82) is 0 Å². The minimum Gasteiger partial charge on any atom is -0.545 e. The van der Waals surface area contributed by atoms with Gasteiger partial charge < -0.3 is 19.8 Å². The van der Waals surface area contributed by atoms with Crippen LogP contribution in [0.5, 0.6) is 0 Å². The molecule has 0 heterocycles. The van der Waals surface area contributed by atoms with Crippen LogP contribution in [-0.2, 0) is 24.3 Å². The molecule has 0 bridgehead atoms. The van der Waals surface area contributed by atoms with Gasteiger partial charge in [0.2, 0.25) is 0 Å². The van der Waals surface area contributed by atoms with Gasteiger partial charge in [-0.2, -0.15) is 23.5 Å². The lowest BCUT2D eigenvalue weighted by Gasteiger charge is -2.20. The maximum absolute atomic E-state index is 11.9. The van der Waals surface area contributed by atoms with E-state index in [1.807, 2.05) is 48.2 Å². The number of carboxylic acid groups (broad SMARTS) is 2. The number of hydrogen-bond acceptors (Lipinski definition) is 6. The van der Waals surface area contributed by atoms with Crippen LogP contribution in [0.1, 0.15) is 55.8 Å². The zero-order chi connectivity index (χ0) is 24.2. The second-order valence-corrected chi connectivity index (χ2v) is 10.2. The molecule has 178 valence electrons. The standard InChI is InChI=1S/C28H30O4S2/c29-27(30)25-16-15-23(13-7-17-33-19-21-9-3-1-4-10-21)24(26(25)28(31)32)14-8-18-34-20-22-11-5-2-6-12-22/h1-6,9-12,15-16H,7-8,13-14,17-20H2,(H,29,30)(H,31,32)/p-2. The molecule has 0 aliphatic carbocycles. The maximum atomic E-state index is 11.9. The Hall–Kier alpha value is -2.70. The summed E-state index contributed by atoms with van der Waals surface area (Å²) in [6.45, 7) is 0. The van der Waals surface area contributed by atoms with Crippen LogP contribution in [-0.4, -0.2) is 23.4 Å². The summed E-state index contributed by atoms with van der Waals surface area (Å²) in [5, 5.41) is 23.4. The molecule has 0 radical (unpaired) electrons. The summed E-state index contributed by atoms with van der Waals surface area (Å²) in [5.74, 6) is 0.669. The van der Waals surface area contributed by atoms with E-state index >= 15 is 0 Å². The van der Waals surface area contributed by atoms with Gasteiger partial charge in [-0.3, -0.25) is 0 Å². The number of aryl methyl sites for hydroxylation is 1. The van der Waals surface area contributed by atoms with Gasteiger partial charge in [-0.15, -0.1) is 0 Å². The minimum atomic E-state index is -1.48. The fourth-order valence-corrected chi connectivity index (χ4v) is 5.70. The molecule has 0 aliphatic rings. The van der Waals surface area contributed by atoms with Gasteiger partial charge in [-0.05, 0) is 59.4 Å². The van der Waals surface area contributed by atoms with Gasteiger partial charge in [0, 0.05) is 22.6 Å². The van der Waals surface area contributed by atoms with Crippen molar-refractivity contribution in [1.82, 2.24) is 0 Å². The molecule has 0 fully saturated rings. The lowest BCUT2D eigenvalue weighted by atomic mass is 9.91. The SMILES string of the molecule is O=C([O-])c1ccc(CCCSCc2ccccc2)c(CCCSCc2ccccc2)c1C(=O)[O-]. The highest BCUT2D eigenvalue weighted by atomic mass is 32.2. The van der Waals surface area contributed by atoms with Crippen LogP contribution in [0.3, 0.4) is 0 Å². The monoisotopic (exact) mass is 492 g/mol. The van der Waals surface area contributed by atoms with Crippen molar-refractivity contribution < 1.29 is 19.8 Å². The molecule has 34 heavy (non-hydrogen) atoms. The highest BCUT2D eigenvalue weighted by Crippen LogP contribution is 2.24. The molecule has 0 amide bonds. The molecule has 0 aliphatic heterocycles. The molecule has 0 unspecified atom stereocenters. The van der Waals surface area contributed by atoms with Crippen LogP contribution in [0.4, 0.5) is 0 Å². The Morgan fingerprint density at radius 3 is 1.68 bits per heavy atom. The van der Waals surface area contributed by atoms with Gasteiger partial charge >= 0.3 is 0 Å². The summed E-state index contributed by atoms with van der Waals surface area (Å²) in [4.78, 5) is 23.4. The number of rotatable bonds is 14. The molecule has 3 rings (SSSR count). The van der Waals surface area contributed by atoms with Crippen LogP contribution in [0.25, 0.3) is 0 Å². The van der Waals surface area contributed by atoms with Gasteiger partial charge in [-0.1, -0.05) is 72.8 Å². The smallest absolute Gasteiger partial charge is 0.0724 e. The molecule has 0 aromatic heterocycles. The third-order valence-corrected chi connectivity index (χ3v) is 7.74. The Morgan fingerprint density at radius 1 is 0.647 bits per heavy atom. The quantitative estimate of drug-likeness (QED) is 0.315. The second-order valence-electron chi connectivity index (χ2n) is 7.98. The number of hydrogen-bond donors (Lipinski definition) is 0. The van der Waals surface area contributed by atoms with Crippen LogP contribution in [0, 0.1) is 0 Å². The van der Waals surface area contributed by atoms with E-state index in [-0.39, 0.29) is 11.1 Å². The summed E-state index contributed by atoms with van der Waals surface area (Å²) in [5.41, 5.74) is 3.47. The van der Waals surface area contributed by atoms with E-state index in [1.54, 1.807) is 17.8 Å². The first-order valence-electron chi connectivity index (χ1n) is 11.4. The lowest BCUT2D eigenvalue weighted by Crippen LogP contribution is -2.31. The van der Waals surface area contributed by atoms with Crippen molar-refractivity contribution in [2.75, 3.05) is 11.5 Å². The van der Waals surface area contributed by atoms with E-state index in [2.05, 4.69) is 24.3 Å². The summed E-state index contributed by atoms with van der Waals surface area (Å²) in [6, 6.07) is 23.5. The Balaban J connectivity index is 1.61. The van der Waals surface area contributed by atoms with E-state index in [1.165, 1.54) is 17.2 Å². The Labute approximate surface area is 209 Å². The second kappa shape index (κ2) is 13.9. The predicted octanol–water partition coefficient (Wildman–Crippen LogP) is 4.15. The topological polar surface area (TPSA) is 80.3 Å². The van der Waals surface area contributed by atoms with Crippen molar-refractivity contribution in [3.8, 4) is 0 Å². The third-order valence-electron chi connectivity index (χ3n) is 5.51. The molecule has 4 nitrogen and oxygen atoms in total. The number of carboxylic acids is 2. The van der Waals surface area contributed by atoms with E-state index < -0.39 is 11.9 Å². The Bertz CT molecular complexity index is 1070. The summed E-state index contributed by atoms with van der Waals surface area (Å²) in [6.07, 6.45) is 2.83. The van der Waals surface area contributed by atoms with Crippen molar-refractivity contribution in [2.24, 2.45) is 0 Å². The van der Waals surface area contributed by atoms with Crippen LogP contribution >= 0.6 is 23.5 Å². The zero-order valence-corrected chi connectivity index (χ0v) is 20.7. The highest BCUT2D eigenvalue weighted by Gasteiger charge is 2.15. The molecule has 0 atom stereocenters. The molecule has 0 saturated heterocycles. The van der Waals surface area contributed by atoms with Gasteiger partial charge in [0.1, 0.15) is 0 Å². The molecule has 3 aromatic rings. The lowest BCUT2D eigenvalue weighted by molar-refractivity contribution is -0.259. The van der Waals surface area contributed by atoms with E-state index in [4.69, 9.17) is 0 Å². The minimum absolute atomic E-state index is 0.220. The fraction of sp³-hybridized carbons (Fsp3) is 0.286. The number of thioether (sulfide) groups is 2. The average Bonchev–Trinajstić information content (AvgIpc) is 2.84. The first-order valence-corrected chi connectivity index (χ1v) is 13.7. The van der Waals surface area contributed by atoms with Gasteiger partial charge in [-0.25, -0.2) is 0 Å². The average molecular weight is 493 g/mol. The number of carbonyl (C=O) groups excluding carboxylic acids is 2. The number of aromatic carboxylic acids is 2. The van der Waals surface area contributed by atoms with E-state index in [0.717, 1.165) is 41.4 Å². The van der Waals surface area contributed by atoms with E-state index in [9.17, 15) is 19.8 Å². The largest absolute Gasteiger partial charge is 0.545 e. The number of benzene rings is 3. The zero-order valence-electron chi connectivity index (χ0n) is 19.0. The van der Waals surface area contributed by atoms with Crippen LogP contribution in [0.2, 0.25) is 0 Å².